The first-order chi connectivity index (χ1) is 17.7. The zero-order valence-corrected chi connectivity index (χ0v) is 21.3. The number of benzene rings is 3. The fraction of sp³-hybridized carbons (Fsp3) is 0.269. The Hall–Kier alpha value is -3.64. The molecule has 10 nitrogen and oxygen atoms in total. The lowest BCUT2D eigenvalue weighted by Gasteiger charge is -2.18. The van der Waals surface area contributed by atoms with Crippen LogP contribution in [0.1, 0.15) is 28.9 Å². The number of carbonyl (C=O) groups is 1. The van der Waals surface area contributed by atoms with Crippen LogP contribution < -0.4 is 19.1 Å². The second-order valence-electron chi connectivity index (χ2n) is 8.02. The second-order valence-corrected chi connectivity index (χ2v) is 9.03. The monoisotopic (exact) mass is 530 g/mol. The lowest BCUT2D eigenvalue weighted by atomic mass is 10.0. The fourth-order valence-electron chi connectivity index (χ4n) is 3.58. The number of hydrogen-bond donors (Lipinski definition) is 5. The van der Waals surface area contributed by atoms with E-state index in [1.54, 1.807) is 25.1 Å². The van der Waals surface area contributed by atoms with Gasteiger partial charge < -0.3 is 30.1 Å². The minimum atomic E-state index is -2.30. The van der Waals surface area contributed by atoms with E-state index in [0.717, 1.165) is 15.4 Å². The first kappa shape index (κ1) is 27.9. The van der Waals surface area contributed by atoms with Crippen molar-refractivity contribution in [1.82, 2.24) is 5.32 Å². The average molecular weight is 531 g/mol. The molecular formula is C26H30N2O8S. The summed E-state index contributed by atoms with van der Waals surface area (Å²) < 4.78 is 32.7. The van der Waals surface area contributed by atoms with Crippen LogP contribution >= 0.6 is 0 Å². The largest absolute Gasteiger partial charge is 0.506 e. The second kappa shape index (κ2) is 13.1. The SMILES string of the molecule is CCOc1cc(-c2ccc(OCCNCC(O)c3ccc(O)c(N(C)S(=O)O)c3)cc2)ccc1C(=O)O. The van der Waals surface area contributed by atoms with Crippen molar-refractivity contribution in [3.05, 3.63) is 71.8 Å². The number of phenolic OH excluding ortho intramolecular Hbond substituents is 1. The van der Waals surface area contributed by atoms with Crippen molar-refractivity contribution in [3.8, 4) is 28.4 Å². The molecular weight excluding hydrogens is 500 g/mol. The maximum atomic E-state index is 11.4. The highest BCUT2D eigenvalue weighted by atomic mass is 32.2. The molecule has 0 saturated carbocycles. The third-order valence-corrected chi connectivity index (χ3v) is 6.21. The molecule has 0 amide bonds. The number of carboxylic acid groups (broad SMARTS) is 1. The van der Waals surface area contributed by atoms with Gasteiger partial charge >= 0.3 is 5.97 Å². The standard InChI is InChI=1S/C26H30N2O8S/c1-3-35-25-15-18(6-10-21(25)26(31)32)17-4-8-20(9-5-17)36-13-12-27-16-24(30)19-7-11-23(29)22(14-19)28(2)37(33)34/h4-11,14-15,24,27,29-30H,3,12-13,16H2,1-2H3,(H,31,32)(H,33,34). The number of aliphatic hydroxyl groups excluding tert-OH is 1. The number of aromatic carboxylic acids is 1. The quantitative estimate of drug-likeness (QED) is 0.165. The Morgan fingerprint density at radius 1 is 1.05 bits per heavy atom. The molecule has 0 aliphatic rings. The van der Waals surface area contributed by atoms with Crippen LogP contribution in [-0.4, -0.2) is 63.4 Å². The third kappa shape index (κ3) is 7.43. The molecule has 0 aromatic heterocycles. The number of rotatable bonds is 13. The summed E-state index contributed by atoms with van der Waals surface area (Å²) in [5.41, 5.74) is 2.44. The van der Waals surface area contributed by atoms with E-state index in [4.69, 9.17) is 9.47 Å². The molecule has 0 fully saturated rings. The Kier molecular flexibility index (Phi) is 9.86. The molecule has 37 heavy (non-hydrogen) atoms. The van der Waals surface area contributed by atoms with E-state index in [-0.39, 0.29) is 23.5 Å². The molecule has 3 rings (SSSR count). The van der Waals surface area contributed by atoms with E-state index >= 15 is 0 Å². The Morgan fingerprint density at radius 3 is 2.41 bits per heavy atom. The van der Waals surface area contributed by atoms with E-state index in [1.807, 2.05) is 24.3 Å². The summed E-state index contributed by atoms with van der Waals surface area (Å²) in [4.78, 5) is 11.4. The van der Waals surface area contributed by atoms with Gasteiger partial charge in [0, 0.05) is 20.1 Å². The first-order valence-electron chi connectivity index (χ1n) is 11.5. The highest BCUT2D eigenvalue weighted by Crippen LogP contribution is 2.31. The zero-order chi connectivity index (χ0) is 26.9. The number of phenols is 1. The summed E-state index contributed by atoms with van der Waals surface area (Å²) in [5.74, 6) is -0.235. The first-order valence-corrected chi connectivity index (χ1v) is 12.6. The predicted octanol–water partition coefficient (Wildman–Crippen LogP) is 3.43. The van der Waals surface area contributed by atoms with Crippen molar-refractivity contribution in [2.75, 3.05) is 37.7 Å². The molecule has 0 aliphatic carbocycles. The maximum Gasteiger partial charge on any atom is 0.339 e. The molecule has 198 valence electrons. The Bertz CT molecular complexity index is 1240. The molecule has 0 spiro atoms. The summed E-state index contributed by atoms with van der Waals surface area (Å²) >= 11 is -2.30. The smallest absolute Gasteiger partial charge is 0.339 e. The van der Waals surface area contributed by atoms with Crippen molar-refractivity contribution < 1.29 is 38.3 Å². The Balaban J connectivity index is 1.50. The van der Waals surface area contributed by atoms with Crippen molar-refractivity contribution in [3.63, 3.8) is 0 Å². The van der Waals surface area contributed by atoms with E-state index in [0.29, 0.717) is 36.8 Å². The Labute approximate surface area is 217 Å². The van der Waals surface area contributed by atoms with Crippen molar-refractivity contribution in [1.29, 1.82) is 0 Å². The molecule has 0 bridgehead atoms. The van der Waals surface area contributed by atoms with Crippen LogP contribution in [0.2, 0.25) is 0 Å². The highest BCUT2D eigenvalue weighted by Gasteiger charge is 2.16. The van der Waals surface area contributed by atoms with Crippen LogP contribution in [0.4, 0.5) is 5.69 Å². The lowest BCUT2D eigenvalue weighted by Crippen LogP contribution is -2.26. The number of aliphatic hydroxyl groups is 1. The third-order valence-electron chi connectivity index (χ3n) is 5.54. The van der Waals surface area contributed by atoms with Gasteiger partial charge in [0.05, 0.1) is 18.4 Å². The summed E-state index contributed by atoms with van der Waals surface area (Å²) in [6, 6.07) is 16.7. The van der Waals surface area contributed by atoms with E-state index in [2.05, 4.69) is 5.32 Å². The summed E-state index contributed by atoms with van der Waals surface area (Å²) in [5, 5.41) is 32.7. The van der Waals surface area contributed by atoms with Gasteiger partial charge in [0.25, 0.3) is 11.3 Å². The van der Waals surface area contributed by atoms with Crippen LogP contribution in [-0.2, 0) is 11.3 Å². The van der Waals surface area contributed by atoms with Crippen LogP contribution in [0.3, 0.4) is 0 Å². The number of nitrogens with zero attached hydrogens (tertiary/aromatic N) is 1. The maximum absolute atomic E-state index is 11.4. The van der Waals surface area contributed by atoms with E-state index in [1.165, 1.54) is 25.2 Å². The van der Waals surface area contributed by atoms with Gasteiger partial charge in [-0.05, 0) is 60.0 Å². The van der Waals surface area contributed by atoms with Gasteiger partial charge in [-0.25, -0.2) is 9.00 Å². The molecule has 0 saturated heterocycles. The number of ether oxygens (including phenoxy) is 2. The molecule has 11 heteroatoms. The number of carboxylic acids is 1. The molecule has 0 aliphatic heterocycles. The molecule has 0 radical (unpaired) electrons. The number of aromatic hydroxyl groups is 1. The molecule has 5 N–H and O–H groups in total. The number of hydrogen-bond acceptors (Lipinski definition) is 7. The van der Waals surface area contributed by atoms with Gasteiger partial charge in [0.1, 0.15) is 29.4 Å². The van der Waals surface area contributed by atoms with Gasteiger partial charge in [-0.3, -0.25) is 8.86 Å². The van der Waals surface area contributed by atoms with Crippen LogP contribution in [0.15, 0.2) is 60.7 Å². The summed E-state index contributed by atoms with van der Waals surface area (Å²) in [6.07, 6.45) is -0.895. The van der Waals surface area contributed by atoms with E-state index < -0.39 is 23.3 Å². The van der Waals surface area contributed by atoms with E-state index in [9.17, 15) is 28.9 Å². The van der Waals surface area contributed by atoms with Crippen molar-refractivity contribution >= 4 is 22.9 Å². The van der Waals surface area contributed by atoms with Gasteiger partial charge in [0.15, 0.2) is 0 Å². The van der Waals surface area contributed by atoms with Crippen LogP contribution in [0.25, 0.3) is 11.1 Å². The van der Waals surface area contributed by atoms with Crippen LogP contribution in [0, 0.1) is 0 Å². The predicted molar refractivity (Wildman–Crippen MR) is 141 cm³/mol. The number of anilines is 1. The van der Waals surface area contributed by atoms with Gasteiger partial charge in [0.2, 0.25) is 0 Å². The molecule has 3 aromatic rings. The minimum absolute atomic E-state index is 0.114. The highest BCUT2D eigenvalue weighted by molar-refractivity contribution is 7.80. The lowest BCUT2D eigenvalue weighted by molar-refractivity contribution is 0.0692. The topological polar surface area (TPSA) is 149 Å². The number of nitrogens with one attached hydrogen (secondary N) is 1. The normalized spacial score (nSPS) is 12.5. The summed E-state index contributed by atoms with van der Waals surface area (Å²) in [6.45, 7) is 3.18. The molecule has 2 unspecified atom stereocenters. The molecule has 0 heterocycles. The fourth-order valence-corrected chi connectivity index (χ4v) is 3.89. The van der Waals surface area contributed by atoms with Crippen molar-refractivity contribution in [2.24, 2.45) is 0 Å². The summed E-state index contributed by atoms with van der Waals surface area (Å²) in [7, 11) is 1.36. The van der Waals surface area contributed by atoms with Crippen molar-refractivity contribution in [2.45, 2.75) is 13.0 Å². The molecule has 2 atom stereocenters. The zero-order valence-electron chi connectivity index (χ0n) is 20.5. The van der Waals surface area contributed by atoms with Gasteiger partial charge in [-0.2, -0.15) is 0 Å². The minimum Gasteiger partial charge on any atom is -0.506 e. The average Bonchev–Trinajstić information content (AvgIpc) is 2.88. The van der Waals surface area contributed by atoms with Gasteiger partial charge in [-0.15, -0.1) is 0 Å². The molecule has 3 aromatic carbocycles. The van der Waals surface area contributed by atoms with Gasteiger partial charge in [-0.1, -0.05) is 24.3 Å². The van der Waals surface area contributed by atoms with Crippen LogP contribution in [0.5, 0.6) is 17.2 Å². The Morgan fingerprint density at radius 2 is 1.76 bits per heavy atom.